The predicted octanol–water partition coefficient (Wildman–Crippen LogP) is 8.58. The minimum absolute atomic E-state index is 0.0236. The van der Waals surface area contributed by atoms with Gasteiger partial charge < -0.3 is 21.7 Å². The highest BCUT2D eigenvalue weighted by molar-refractivity contribution is 5.91. The molecule has 0 saturated heterocycles. The second-order valence-corrected chi connectivity index (χ2v) is 13.1. The van der Waals surface area contributed by atoms with E-state index >= 15 is 0 Å². The Bertz CT molecular complexity index is 2390. The lowest BCUT2D eigenvalue weighted by Crippen LogP contribution is -2.36. The van der Waals surface area contributed by atoms with Crippen LogP contribution in [-0.2, 0) is 0 Å². The highest BCUT2D eigenvalue weighted by atomic mass is 14.9. The molecule has 5 nitrogen and oxygen atoms in total. The number of nitrogens with one attached hydrogen (secondary N) is 3. The maximum absolute atomic E-state index is 6.57. The van der Waals surface area contributed by atoms with Crippen molar-refractivity contribution >= 4 is 39.0 Å². The first-order chi connectivity index (χ1) is 24.6. The molecule has 1 aromatic heterocycles. The molecule has 0 saturated carbocycles. The Morgan fingerprint density at radius 2 is 1.68 bits per heavy atom. The largest absolute Gasteiger partial charge is 0.400 e. The molecule has 4 aromatic rings. The van der Waals surface area contributed by atoms with E-state index in [2.05, 4.69) is 156 Å². The van der Waals surface area contributed by atoms with Crippen LogP contribution < -0.4 is 21.7 Å². The van der Waals surface area contributed by atoms with E-state index in [-0.39, 0.29) is 12.1 Å². The maximum Gasteiger partial charge on any atom is 0.0920 e. The van der Waals surface area contributed by atoms with Crippen LogP contribution in [0.3, 0.4) is 0 Å². The molecule has 3 aliphatic heterocycles. The number of allylic oxidation sites excluding steroid dienone is 10. The van der Waals surface area contributed by atoms with Crippen molar-refractivity contribution in [2.24, 2.45) is 5.73 Å². The number of benzene rings is 3. The third kappa shape index (κ3) is 5.24. The number of hydrogen-bond donors (Lipinski definition) is 4. The molecule has 5 heteroatoms. The van der Waals surface area contributed by atoms with E-state index in [1.54, 1.807) is 0 Å². The zero-order valence-corrected chi connectivity index (χ0v) is 27.8. The van der Waals surface area contributed by atoms with E-state index in [9.17, 15) is 0 Å². The van der Waals surface area contributed by atoms with Gasteiger partial charge in [0.15, 0.2) is 0 Å². The van der Waals surface area contributed by atoms with E-state index in [1.807, 2.05) is 19.2 Å². The average molecular weight is 648 g/mol. The number of aromatic nitrogens is 1. The molecule has 50 heavy (non-hydrogen) atoms. The van der Waals surface area contributed by atoms with Crippen LogP contribution in [0.5, 0.6) is 0 Å². The lowest BCUT2D eigenvalue weighted by Gasteiger charge is -2.29. The summed E-state index contributed by atoms with van der Waals surface area (Å²) >= 11 is 0. The fourth-order valence-corrected chi connectivity index (χ4v) is 7.49. The number of pyridine rings is 1. The molecule has 0 spiro atoms. The Balaban J connectivity index is 0.958. The van der Waals surface area contributed by atoms with E-state index in [0.29, 0.717) is 0 Å². The summed E-state index contributed by atoms with van der Waals surface area (Å²) in [6.07, 6.45) is 25.9. The third-order valence-electron chi connectivity index (χ3n) is 10.1. The number of nitrogens with zero attached hydrogens (tertiary/aromatic N) is 1. The molecular weight excluding hydrogens is 611 g/mol. The minimum Gasteiger partial charge on any atom is -0.400 e. The van der Waals surface area contributed by atoms with Crippen molar-refractivity contribution in [2.75, 3.05) is 11.9 Å². The number of anilines is 1. The minimum atomic E-state index is -0.0236. The second kappa shape index (κ2) is 12.3. The van der Waals surface area contributed by atoms with Gasteiger partial charge in [0.1, 0.15) is 0 Å². The van der Waals surface area contributed by atoms with Crippen molar-refractivity contribution in [1.82, 2.24) is 15.6 Å². The van der Waals surface area contributed by atoms with Crippen molar-refractivity contribution in [3.63, 3.8) is 0 Å². The van der Waals surface area contributed by atoms with E-state index in [0.717, 1.165) is 51.4 Å². The Morgan fingerprint density at radius 3 is 2.58 bits per heavy atom. The number of hydrogen-bond acceptors (Lipinski definition) is 5. The van der Waals surface area contributed by atoms with Gasteiger partial charge in [-0.05, 0) is 88.0 Å². The molecule has 0 radical (unpaired) electrons. The molecule has 4 heterocycles. The van der Waals surface area contributed by atoms with Crippen LogP contribution in [0, 0.1) is 0 Å². The van der Waals surface area contributed by atoms with Crippen molar-refractivity contribution in [3.05, 3.63) is 202 Å². The van der Waals surface area contributed by atoms with E-state index in [1.165, 1.54) is 44.6 Å². The Hall–Kier alpha value is -6.33. The summed E-state index contributed by atoms with van der Waals surface area (Å²) in [5.74, 6) is 0. The Kier molecular flexibility index (Phi) is 7.32. The summed E-state index contributed by atoms with van der Waals surface area (Å²) in [5, 5.41) is 11.8. The number of dihydropyridines is 2. The molecule has 242 valence electrons. The number of para-hydroxylation sites is 1. The lowest BCUT2D eigenvalue weighted by atomic mass is 9.85. The van der Waals surface area contributed by atoms with Gasteiger partial charge in [-0.1, -0.05) is 115 Å². The van der Waals surface area contributed by atoms with Gasteiger partial charge in [-0.3, -0.25) is 0 Å². The average Bonchev–Trinajstić information content (AvgIpc) is 3.18. The zero-order valence-electron chi connectivity index (χ0n) is 27.8. The molecule has 0 bridgehead atoms. The standard InChI is InChI=1S/C45H37N5/c1-2-5-32-16-19-38-35(22-25-48-45(38)44(32)46)29-10-8-28(9-11-29)33-14-12-30-17-20-39(49-42(30)26-33)34-15-13-31-18-21-41(50-43(31)27-34)37-23-24-47-40-7-4-3-6-36(37)40/h2-23,25-27,42,45,47-49H,24,46H2,1H3/b5-2-. The van der Waals surface area contributed by atoms with Gasteiger partial charge in [0.2, 0.25) is 0 Å². The van der Waals surface area contributed by atoms with Gasteiger partial charge in [-0.25, -0.2) is 4.98 Å². The molecule has 5 aliphatic rings. The Labute approximate surface area is 292 Å². The highest BCUT2D eigenvalue weighted by Crippen LogP contribution is 2.35. The monoisotopic (exact) mass is 647 g/mol. The van der Waals surface area contributed by atoms with Gasteiger partial charge in [0.05, 0.1) is 23.3 Å². The van der Waals surface area contributed by atoms with Crippen molar-refractivity contribution < 1.29 is 0 Å². The first-order valence-electron chi connectivity index (χ1n) is 17.2. The molecule has 2 aliphatic carbocycles. The molecular formula is C45H37N5. The molecule has 9 rings (SSSR count). The summed E-state index contributed by atoms with van der Waals surface area (Å²) in [5.41, 5.74) is 23.4. The van der Waals surface area contributed by atoms with Crippen LogP contribution in [0.15, 0.2) is 174 Å². The van der Waals surface area contributed by atoms with Gasteiger partial charge >= 0.3 is 0 Å². The first-order valence-corrected chi connectivity index (χ1v) is 17.2. The van der Waals surface area contributed by atoms with Gasteiger partial charge in [-0.2, -0.15) is 0 Å². The van der Waals surface area contributed by atoms with Crippen LogP contribution >= 0.6 is 0 Å². The summed E-state index contributed by atoms with van der Waals surface area (Å²) in [6.45, 7) is 2.81. The summed E-state index contributed by atoms with van der Waals surface area (Å²) in [6, 6.07) is 28.2. The van der Waals surface area contributed by atoms with E-state index in [4.69, 9.17) is 10.7 Å². The molecule has 2 atom stereocenters. The highest BCUT2D eigenvalue weighted by Gasteiger charge is 2.25. The van der Waals surface area contributed by atoms with E-state index < -0.39 is 0 Å². The Morgan fingerprint density at radius 1 is 0.840 bits per heavy atom. The molecule has 3 aromatic carbocycles. The lowest BCUT2D eigenvalue weighted by molar-refractivity contribution is 0.742. The van der Waals surface area contributed by atoms with Crippen LogP contribution in [-0.4, -0.2) is 23.6 Å². The summed E-state index contributed by atoms with van der Waals surface area (Å²) in [4.78, 5) is 5.15. The number of rotatable bonds is 5. The fourth-order valence-electron chi connectivity index (χ4n) is 7.49. The smallest absolute Gasteiger partial charge is 0.0920 e. The SMILES string of the molecule is C/C=C\C1=C(N)C2NC=CC(c3ccc(C4=CC5NC(c6ccc7ccc(C8=CCNc9ccccc98)nc7c6)=CC=C5C=C4)cc3)=C2C=C1. The number of fused-ring (bicyclic) bond motifs is 4. The normalized spacial score (nSPS) is 20.6. The fraction of sp³-hybridized carbons (Fsp3) is 0.0889. The van der Waals surface area contributed by atoms with Crippen LogP contribution in [0.1, 0.15) is 34.9 Å². The second-order valence-electron chi connectivity index (χ2n) is 13.1. The quantitative estimate of drug-likeness (QED) is 0.175. The van der Waals surface area contributed by atoms with Crippen LogP contribution in [0.4, 0.5) is 5.69 Å². The molecule has 5 N–H and O–H groups in total. The predicted molar refractivity (Wildman–Crippen MR) is 208 cm³/mol. The van der Waals surface area contributed by atoms with Gasteiger partial charge in [0, 0.05) is 40.1 Å². The molecule has 2 unspecified atom stereocenters. The molecule has 0 amide bonds. The molecule has 0 fully saturated rings. The van der Waals surface area contributed by atoms with Crippen molar-refractivity contribution in [2.45, 2.75) is 19.0 Å². The third-order valence-corrected chi connectivity index (χ3v) is 10.1. The first kappa shape index (κ1) is 29.8. The van der Waals surface area contributed by atoms with Gasteiger partial charge in [-0.15, -0.1) is 0 Å². The van der Waals surface area contributed by atoms with Crippen LogP contribution in [0.2, 0.25) is 0 Å². The maximum atomic E-state index is 6.57. The summed E-state index contributed by atoms with van der Waals surface area (Å²) in [7, 11) is 0. The van der Waals surface area contributed by atoms with Crippen LogP contribution in [0.25, 0.3) is 33.3 Å². The zero-order chi connectivity index (χ0) is 33.6. The number of nitrogens with two attached hydrogens (primary N) is 1. The van der Waals surface area contributed by atoms with Crippen molar-refractivity contribution in [3.8, 4) is 0 Å². The van der Waals surface area contributed by atoms with Crippen molar-refractivity contribution in [1.29, 1.82) is 0 Å². The topological polar surface area (TPSA) is 75.0 Å². The van der Waals surface area contributed by atoms with Gasteiger partial charge in [0.25, 0.3) is 0 Å². The summed E-state index contributed by atoms with van der Waals surface area (Å²) < 4.78 is 0.